The van der Waals surface area contributed by atoms with Crippen LogP contribution < -0.4 is 0 Å². The molecule has 1 fully saturated rings. The van der Waals surface area contributed by atoms with Gasteiger partial charge in [0, 0.05) is 23.6 Å². The minimum atomic E-state index is -0.465. The smallest absolute Gasteiger partial charge is 0.343 e. The molecule has 0 amide bonds. The van der Waals surface area contributed by atoms with Crippen LogP contribution >= 0.6 is 0 Å². The first-order valence-corrected chi connectivity index (χ1v) is 13.8. The topological polar surface area (TPSA) is 83.2 Å². The number of fused-ring (bicyclic) bond motifs is 1. The van der Waals surface area contributed by atoms with Gasteiger partial charge in [-0.1, -0.05) is 93.5 Å². The Bertz CT molecular complexity index is 1330. The van der Waals surface area contributed by atoms with E-state index in [2.05, 4.69) is 92.5 Å². The maximum Gasteiger partial charge on any atom is 0.343 e. The Morgan fingerprint density at radius 3 is 2.03 bits per heavy atom. The molecule has 3 aromatic rings. The van der Waals surface area contributed by atoms with Crippen molar-refractivity contribution < 1.29 is 9.53 Å². The number of nitrogens with one attached hydrogen (secondary N) is 1. The molecule has 38 heavy (non-hydrogen) atoms. The molecule has 6 nitrogen and oxygen atoms in total. The Labute approximate surface area is 227 Å². The highest BCUT2D eigenvalue weighted by molar-refractivity contribution is 5.99. The lowest BCUT2D eigenvalue weighted by atomic mass is 9.59. The summed E-state index contributed by atoms with van der Waals surface area (Å²) < 4.78 is 8.08. The van der Waals surface area contributed by atoms with E-state index in [-0.39, 0.29) is 45.3 Å². The van der Waals surface area contributed by atoms with Crippen LogP contribution in [0.1, 0.15) is 104 Å². The number of aromatic nitrogens is 3. The molecule has 0 aliphatic heterocycles. The summed E-state index contributed by atoms with van der Waals surface area (Å²) in [4.78, 5) is 18.6. The lowest BCUT2D eigenvalue weighted by Gasteiger charge is -2.50. The molecule has 204 valence electrons. The summed E-state index contributed by atoms with van der Waals surface area (Å²) in [5.41, 5.74) is 3.10. The van der Waals surface area contributed by atoms with Crippen molar-refractivity contribution in [3.8, 4) is 17.5 Å². The van der Waals surface area contributed by atoms with Crippen molar-refractivity contribution in [3.63, 3.8) is 0 Å². The largest absolute Gasteiger partial charge is 0.458 e. The second-order valence-electron chi connectivity index (χ2n) is 14.5. The quantitative estimate of drug-likeness (QED) is 0.360. The zero-order chi connectivity index (χ0) is 28.2. The lowest BCUT2D eigenvalue weighted by molar-refractivity contribution is -0.0922. The summed E-state index contributed by atoms with van der Waals surface area (Å²) in [5, 5.41) is 13.1. The van der Waals surface area contributed by atoms with Gasteiger partial charge in [-0.05, 0) is 40.6 Å². The lowest BCUT2D eigenvalue weighted by Crippen LogP contribution is -2.49. The SMILES string of the molecule is CC1CC(C(C)(C)C)C(OC(=O)c2c(C#N)cn3[nH]c(-c4ccc(C(C)(C)C)cc4)nc23)C(C(C)(C)C)C1. The molecule has 1 aromatic carbocycles. The van der Waals surface area contributed by atoms with Gasteiger partial charge in [-0.25, -0.2) is 14.3 Å². The number of nitrogens with zero attached hydrogens (tertiary/aromatic N) is 3. The van der Waals surface area contributed by atoms with Gasteiger partial charge in [0.15, 0.2) is 11.5 Å². The number of rotatable bonds is 3. The Kier molecular flexibility index (Phi) is 7.06. The summed E-state index contributed by atoms with van der Waals surface area (Å²) in [6.45, 7) is 22.3. The van der Waals surface area contributed by atoms with Crippen LogP contribution in [0.3, 0.4) is 0 Å². The molecule has 1 aliphatic carbocycles. The van der Waals surface area contributed by atoms with Crippen LogP contribution in [0.25, 0.3) is 17.0 Å². The Balaban J connectivity index is 1.72. The van der Waals surface area contributed by atoms with Gasteiger partial charge in [0.1, 0.15) is 17.7 Å². The molecule has 0 saturated heterocycles. The van der Waals surface area contributed by atoms with Gasteiger partial charge in [0.05, 0.1) is 5.56 Å². The summed E-state index contributed by atoms with van der Waals surface area (Å²) in [5.74, 6) is 1.19. The van der Waals surface area contributed by atoms with E-state index in [9.17, 15) is 10.1 Å². The van der Waals surface area contributed by atoms with E-state index in [0.717, 1.165) is 18.4 Å². The van der Waals surface area contributed by atoms with Crippen molar-refractivity contribution in [2.45, 2.75) is 93.6 Å². The fourth-order valence-corrected chi connectivity index (χ4v) is 6.03. The van der Waals surface area contributed by atoms with Gasteiger partial charge >= 0.3 is 5.97 Å². The molecule has 6 heteroatoms. The first-order valence-electron chi connectivity index (χ1n) is 13.8. The number of esters is 1. The molecule has 2 unspecified atom stereocenters. The number of benzene rings is 1. The highest BCUT2D eigenvalue weighted by atomic mass is 16.5. The Morgan fingerprint density at radius 1 is 1.00 bits per heavy atom. The summed E-state index contributed by atoms with van der Waals surface area (Å²) in [6.07, 6.45) is 3.43. The monoisotopic (exact) mass is 516 g/mol. The van der Waals surface area contributed by atoms with Crippen molar-refractivity contribution in [2.24, 2.45) is 28.6 Å². The first kappa shape index (κ1) is 28.0. The molecule has 0 radical (unpaired) electrons. The van der Waals surface area contributed by atoms with Crippen LogP contribution in [0.15, 0.2) is 30.5 Å². The highest BCUT2D eigenvalue weighted by Crippen LogP contribution is 2.50. The van der Waals surface area contributed by atoms with Gasteiger partial charge in [-0.15, -0.1) is 0 Å². The maximum atomic E-state index is 13.9. The molecule has 0 spiro atoms. The minimum absolute atomic E-state index is 0.0179. The third kappa shape index (κ3) is 5.39. The molecule has 1 aliphatic rings. The van der Waals surface area contributed by atoms with E-state index in [4.69, 9.17) is 9.72 Å². The summed E-state index contributed by atoms with van der Waals surface area (Å²) in [7, 11) is 0. The average Bonchev–Trinajstić information content (AvgIpc) is 3.35. The fourth-order valence-electron chi connectivity index (χ4n) is 6.03. The van der Waals surface area contributed by atoms with Crippen molar-refractivity contribution in [2.75, 3.05) is 0 Å². The third-order valence-corrected chi connectivity index (χ3v) is 8.35. The third-order valence-electron chi connectivity index (χ3n) is 8.35. The Morgan fingerprint density at radius 2 is 1.55 bits per heavy atom. The van der Waals surface area contributed by atoms with Crippen LogP contribution in [0.4, 0.5) is 0 Å². The number of carbonyl (C=O) groups excluding carboxylic acids is 1. The standard InChI is InChI=1S/C32H44N4O2/c1-19-15-23(31(5,6)7)26(24(16-19)32(8,9)10)38-29(37)25-21(17-33)18-36-28(25)34-27(35-36)20-11-13-22(14-12-20)30(2,3)4/h11-14,18-19,23-24,26H,15-16H2,1-10H3,(H,34,35). The number of hydrogen-bond donors (Lipinski definition) is 1. The number of aromatic amines is 1. The Hall–Kier alpha value is -3.07. The van der Waals surface area contributed by atoms with E-state index in [1.54, 1.807) is 10.7 Å². The number of ether oxygens (including phenoxy) is 1. The molecule has 4 rings (SSSR count). The van der Waals surface area contributed by atoms with Crippen LogP contribution in [0, 0.1) is 39.9 Å². The predicted octanol–water partition coefficient (Wildman–Crippen LogP) is 7.78. The van der Waals surface area contributed by atoms with Crippen molar-refractivity contribution in [1.29, 1.82) is 5.26 Å². The molecular formula is C32H44N4O2. The van der Waals surface area contributed by atoms with Crippen molar-refractivity contribution in [3.05, 3.63) is 47.2 Å². The molecule has 0 bridgehead atoms. The van der Waals surface area contributed by atoms with Crippen LogP contribution in [0.2, 0.25) is 0 Å². The molecule has 2 atom stereocenters. The molecule has 2 heterocycles. The summed E-state index contributed by atoms with van der Waals surface area (Å²) >= 11 is 0. The number of nitriles is 1. The normalized spacial score (nSPS) is 22.9. The van der Waals surface area contributed by atoms with Crippen LogP contribution in [0.5, 0.6) is 0 Å². The first-order chi connectivity index (χ1) is 17.5. The van der Waals surface area contributed by atoms with E-state index in [1.807, 2.05) is 12.1 Å². The molecule has 1 saturated carbocycles. The highest BCUT2D eigenvalue weighted by Gasteiger charge is 2.48. The minimum Gasteiger partial charge on any atom is -0.458 e. The molecule has 2 aromatic heterocycles. The number of hydrogen-bond acceptors (Lipinski definition) is 4. The second kappa shape index (κ2) is 9.59. The van der Waals surface area contributed by atoms with E-state index >= 15 is 0 Å². The molecule has 1 N–H and O–H groups in total. The van der Waals surface area contributed by atoms with Crippen LogP contribution in [-0.4, -0.2) is 26.7 Å². The zero-order valence-electron chi connectivity index (χ0n) is 24.8. The van der Waals surface area contributed by atoms with Gasteiger partial charge < -0.3 is 4.74 Å². The van der Waals surface area contributed by atoms with Gasteiger partial charge in [-0.2, -0.15) is 5.26 Å². The van der Waals surface area contributed by atoms with E-state index < -0.39 is 5.97 Å². The maximum absolute atomic E-state index is 13.9. The summed E-state index contributed by atoms with van der Waals surface area (Å²) in [6, 6.07) is 10.5. The molecular weight excluding hydrogens is 472 g/mol. The fraction of sp³-hybridized carbons (Fsp3) is 0.594. The number of carbonyl (C=O) groups is 1. The van der Waals surface area contributed by atoms with Crippen LogP contribution in [-0.2, 0) is 10.2 Å². The second-order valence-corrected chi connectivity index (χ2v) is 14.5. The van der Waals surface area contributed by atoms with Crippen molar-refractivity contribution >= 4 is 11.6 Å². The van der Waals surface area contributed by atoms with E-state index in [1.165, 1.54) is 5.56 Å². The van der Waals surface area contributed by atoms with Gasteiger partial charge in [0.25, 0.3) is 0 Å². The average molecular weight is 517 g/mol. The predicted molar refractivity (Wildman–Crippen MR) is 152 cm³/mol. The number of H-pyrrole nitrogens is 1. The van der Waals surface area contributed by atoms with Gasteiger partial charge in [0.2, 0.25) is 0 Å². The van der Waals surface area contributed by atoms with Gasteiger partial charge in [-0.3, -0.25) is 5.10 Å². The van der Waals surface area contributed by atoms with E-state index in [0.29, 0.717) is 17.4 Å². The van der Waals surface area contributed by atoms with Crippen molar-refractivity contribution in [1.82, 2.24) is 14.6 Å². The zero-order valence-corrected chi connectivity index (χ0v) is 24.8.